The third kappa shape index (κ3) is 5.88. The van der Waals surface area contributed by atoms with Crippen LogP contribution in [0, 0.1) is 5.92 Å². The first-order valence-electron chi connectivity index (χ1n) is 8.70. The second kappa shape index (κ2) is 8.52. The smallest absolute Gasteiger partial charge is 0.410 e. The molecule has 0 aliphatic carbocycles. The predicted molar refractivity (Wildman–Crippen MR) is 100 cm³/mol. The van der Waals surface area contributed by atoms with E-state index in [1.807, 2.05) is 43.2 Å². The summed E-state index contributed by atoms with van der Waals surface area (Å²) < 4.78 is 5.45. The molecular weight excluding hydrogens is 336 g/mol. The van der Waals surface area contributed by atoms with Crippen LogP contribution in [0.15, 0.2) is 30.2 Å². The van der Waals surface area contributed by atoms with Crippen molar-refractivity contribution in [2.45, 2.75) is 45.8 Å². The van der Waals surface area contributed by atoms with Crippen LogP contribution in [0.2, 0.25) is 0 Å². The molecule has 6 heteroatoms. The van der Waals surface area contributed by atoms with Gasteiger partial charge in [0.05, 0.1) is 12.5 Å². The molecule has 5 nitrogen and oxygen atoms in total. The van der Waals surface area contributed by atoms with E-state index in [2.05, 4.69) is 6.58 Å². The maximum absolute atomic E-state index is 13.0. The summed E-state index contributed by atoms with van der Waals surface area (Å²) in [5.41, 5.74) is -0.526. The van der Waals surface area contributed by atoms with Crippen LogP contribution in [0.25, 0.3) is 0 Å². The van der Waals surface area contributed by atoms with Crippen molar-refractivity contribution < 1.29 is 14.3 Å². The second-order valence-corrected chi connectivity index (χ2v) is 8.38. The SMILES string of the molecule is C=CCN(Cc1cccs1)C(=O)C1CCCN(C(=O)OC(C)(C)C)C1. The number of likely N-dealkylation sites (tertiary alicyclic amines) is 1. The molecule has 1 aromatic rings. The molecule has 0 spiro atoms. The van der Waals surface area contributed by atoms with Crippen LogP contribution in [0.5, 0.6) is 0 Å². The predicted octanol–water partition coefficient (Wildman–Crippen LogP) is 3.91. The maximum Gasteiger partial charge on any atom is 0.410 e. The summed E-state index contributed by atoms with van der Waals surface area (Å²) in [7, 11) is 0. The molecule has 25 heavy (non-hydrogen) atoms. The number of hydrogen-bond acceptors (Lipinski definition) is 4. The average Bonchev–Trinajstić information content (AvgIpc) is 3.05. The Morgan fingerprint density at radius 3 is 2.84 bits per heavy atom. The van der Waals surface area contributed by atoms with E-state index in [1.54, 1.807) is 22.3 Å². The van der Waals surface area contributed by atoms with E-state index in [0.29, 0.717) is 26.2 Å². The Hall–Kier alpha value is -1.82. The number of nitrogens with zero attached hydrogens (tertiary/aromatic N) is 2. The van der Waals surface area contributed by atoms with Crippen LogP contribution in [-0.2, 0) is 16.1 Å². The van der Waals surface area contributed by atoms with Gasteiger partial charge in [0, 0.05) is 24.5 Å². The number of thiophene rings is 1. The highest BCUT2D eigenvalue weighted by atomic mass is 32.1. The Bertz CT molecular complexity index is 592. The Labute approximate surface area is 154 Å². The Morgan fingerprint density at radius 1 is 1.48 bits per heavy atom. The van der Waals surface area contributed by atoms with Crippen LogP contribution >= 0.6 is 11.3 Å². The highest BCUT2D eigenvalue weighted by molar-refractivity contribution is 7.09. The minimum Gasteiger partial charge on any atom is -0.444 e. The molecule has 0 aromatic carbocycles. The van der Waals surface area contributed by atoms with Crippen molar-refractivity contribution in [2.24, 2.45) is 5.92 Å². The van der Waals surface area contributed by atoms with Gasteiger partial charge in [0.1, 0.15) is 5.60 Å². The summed E-state index contributed by atoms with van der Waals surface area (Å²) in [6, 6.07) is 4.02. The lowest BCUT2D eigenvalue weighted by Crippen LogP contribution is -2.47. The zero-order valence-electron chi connectivity index (χ0n) is 15.4. The van der Waals surface area contributed by atoms with Crippen molar-refractivity contribution in [2.75, 3.05) is 19.6 Å². The summed E-state index contributed by atoms with van der Waals surface area (Å²) >= 11 is 1.64. The third-order valence-electron chi connectivity index (χ3n) is 4.01. The Morgan fingerprint density at radius 2 is 2.24 bits per heavy atom. The molecule has 2 rings (SSSR count). The molecule has 0 saturated carbocycles. The molecule has 1 atom stereocenters. The molecule has 0 bridgehead atoms. The van der Waals surface area contributed by atoms with Crippen LogP contribution in [0.1, 0.15) is 38.5 Å². The van der Waals surface area contributed by atoms with E-state index in [4.69, 9.17) is 4.74 Å². The van der Waals surface area contributed by atoms with Gasteiger partial charge in [-0.1, -0.05) is 12.1 Å². The number of carbonyl (C=O) groups is 2. The van der Waals surface area contributed by atoms with Gasteiger partial charge in [-0.15, -0.1) is 17.9 Å². The molecule has 0 N–H and O–H groups in total. The molecule has 1 aliphatic heterocycles. The van der Waals surface area contributed by atoms with Crippen molar-refractivity contribution in [1.82, 2.24) is 9.80 Å². The molecule has 1 unspecified atom stereocenters. The van der Waals surface area contributed by atoms with Gasteiger partial charge in [-0.25, -0.2) is 4.79 Å². The van der Waals surface area contributed by atoms with Gasteiger partial charge in [0.25, 0.3) is 0 Å². The van der Waals surface area contributed by atoms with E-state index in [-0.39, 0.29) is 17.9 Å². The zero-order chi connectivity index (χ0) is 18.4. The first-order valence-corrected chi connectivity index (χ1v) is 9.58. The van der Waals surface area contributed by atoms with Gasteiger partial charge in [-0.2, -0.15) is 0 Å². The quantitative estimate of drug-likeness (QED) is 0.744. The number of piperidine rings is 1. The van der Waals surface area contributed by atoms with Crippen molar-refractivity contribution >= 4 is 23.3 Å². The highest BCUT2D eigenvalue weighted by Crippen LogP contribution is 2.22. The standard InChI is InChI=1S/C19H28N2O3S/c1-5-10-20(14-16-9-7-12-25-16)17(22)15-8-6-11-21(13-15)18(23)24-19(2,3)4/h5,7,9,12,15H,1,6,8,10-11,13-14H2,2-4H3. The fourth-order valence-electron chi connectivity index (χ4n) is 2.91. The van der Waals surface area contributed by atoms with Crippen molar-refractivity contribution in [3.8, 4) is 0 Å². The van der Waals surface area contributed by atoms with Crippen molar-refractivity contribution in [3.63, 3.8) is 0 Å². The first-order chi connectivity index (χ1) is 11.8. The molecule has 1 saturated heterocycles. The number of rotatable bonds is 5. The number of hydrogen-bond donors (Lipinski definition) is 0. The molecule has 1 aliphatic rings. The van der Waals surface area contributed by atoms with Gasteiger partial charge in [0.15, 0.2) is 0 Å². The molecule has 1 aromatic heterocycles. The van der Waals surface area contributed by atoms with Gasteiger partial charge in [-0.3, -0.25) is 4.79 Å². The Kier molecular flexibility index (Phi) is 6.64. The molecular formula is C19H28N2O3S. The summed E-state index contributed by atoms with van der Waals surface area (Å²) in [5.74, 6) is -0.0947. The largest absolute Gasteiger partial charge is 0.444 e. The van der Waals surface area contributed by atoms with Crippen LogP contribution in [0.3, 0.4) is 0 Å². The lowest BCUT2D eigenvalue weighted by atomic mass is 9.96. The van der Waals surface area contributed by atoms with Crippen LogP contribution in [0.4, 0.5) is 4.79 Å². The van der Waals surface area contributed by atoms with Crippen LogP contribution in [-0.4, -0.2) is 47.0 Å². The Balaban J connectivity index is 2.01. The van der Waals surface area contributed by atoms with Gasteiger partial charge < -0.3 is 14.5 Å². The van der Waals surface area contributed by atoms with E-state index in [1.165, 1.54) is 0 Å². The lowest BCUT2D eigenvalue weighted by molar-refractivity contribution is -0.137. The third-order valence-corrected chi connectivity index (χ3v) is 4.87. The van der Waals surface area contributed by atoms with E-state index >= 15 is 0 Å². The second-order valence-electron chi connectivity index (χ2n) is 7.35. The fraction of sp³-hybridized carbons (Fsp3) is 0.579. The minimum absolute atomic E-state index is 0.0848. The molecule has 1 fully saturated rings. The summed E-state index contributed by atoms with van der Waals surface area (Å²) in [6.07, 6.45) is 3.03. The zero-order valence-corrected chi connectivity index (χ0v) is 16.2. The average molecular weight is 365 g/mol. The highest BCUT2D eigenvalue weighted by Gasteiger charge is 2.33. The summed E-state index contributed by atoms with van der Waals surface area (Å²) in [5, 5.41) is 2.01. The summed E-state index contributed by atoms with van der Waals surface area (Å²) in [4.78, 5) is 29.9. The first kappa shape index (κ1) is 19.5. The normalized spacial score (nSPS) is 17.9. The van der Waals surface area contributed by atoms with Gasteiger partial charge in [0.2, 0.25) is 5.91 Å². The van der Waals surface area contributed by atoms with Crippen molar-refractivity contribution in [1.29, 1.82) is 0 Å². The minimum atomic E-state index is -0.526. The van der Waals surface area contributed by atoms with Crippen molar-refractivity contribution in [3.05, 3.63) is 35.0 Å². The number of carbonyl (C=O) groups excluding carboxylic acids is 2. The molecule has 0 radical (unpaired) electrons. The monoisotopic (exact) mass is 364 g/mol. The topological polar surface area (TPSA) is 49.9 Å². The van der Waals surface area contributed by atoms with E-state index in [9.17, 15) is 9.59 Å². The van der Waals surface area contributed by atoms with Gasteiger partial charge >= 0.3 is 6.09 Å². The molecule has 2 heterocycles. The fourth-order valence-corrected chi connectivity index (χ4v) is 3.63. The number of amides is 2. The van der Waals surface area contributed by atoms with Crippen LogP contribution < -0.4 is 0 Å². The lowest BCUT2D eigenvalue weighted by Gasteiger charge is -2.35. The summed E-state index contributed by atoms with van der Waals surface area (Å²) in [6.45, 7) is 11.5. The molecule has 2 amide bonds. The van der Waals surface area contributed by atoms with Gasteiger partial charge in [-0.05, 0) is 45.1 Å². The molecule has 138 valence electrons. The van der Waals surface area contributed by atoms with E-state index < -0.39 is 5.60 Å². The van der Waals surface area contributed by atoms with E-state index in [0.717, 1.165) is 17.7 Å². The maximum atomic E-state index is 13.0. The number of ether oxygens (including phenoxy) is 1.